The second kappa shape index (κ2) is 10.5. The fourth-order valence-electron chi connectivity index (χ4n) is 4.49. The Morgan fingerprint density at radius 1 is 1.16 bits per heavy atom. The molecule has 0 unspecified atom stereocenters. The first-order valence-electron chi connectivity index (χ1n) is 11.8. The van der Waals surface area contributed by atoms with Gasteiger partial charge in [0.1, 0.15) is 23.1 Å². The lowest BCUT2D eigenvalue weighted by Gasteiger charge is -2.47. The molecule has 1 fully saturated rings. The van der Waals surface area contributed by atoms with Gasteiger partial charge in [-0.3, -0.25) is 4.79 Å². The van der Waals surface area contributed by atoms with Crippen LogP contribution in [0.2, 0.25) is 0 Å². The van der Waals surface area contributed by atoms with E-state index in [0.29, 0.717) is 11.1 Å². The van der Waals surface area contributed by atoms with E-state index < -0.39 is 42.3 Å². The van der Waals surface area contributed by atoms with E-state index in [1.807, 2.05) is 0 Å². The van der Waals surface area contributed by atoms with Crippen LogP contribution in [0.1, 0.15) is 43.3 Å². The van der Waals surface area contributed by atoms with Crippen molar-refractivity contribution in [3.63, 3.8) is 0 Å². The van der Waals surface area contributed by atoms with Crippen molar-refractivity contribution in [2.24, 2.45) is 5.41 Å². The number of alkyl halides is 4. The van der Waals surface area contributed by atoms with Crippen molar-refractivity contribution in [2.45, 2.75) is 39.7 Å². The minimum atomic E-state index is -2.97. The van der Waals surface area contributed by atoms with Crippen molar-refractivity contribution >= 4 is 28.4 Å². The van der Waals surface area contributed by atoms with Gasteiger partial charge in [0.25, 0.3) is 12.9 Å². The zero-order valence-electron chi connectivity index (χ0n) is 21.2. The van der Waals surface area contributed by atoms with Gasteiger partial charge in [0, 0.05) is 25.7 Å². The highest BCUT2D eigenvalue weighted by atomic mass is 19.3. The van der Waals surface area contributed by atoms with Crippen LogP contribution in [-0.4, -0.2) is 54.0 Å². The molecule has 13 heteroatoms. The molecule has 0 aliphatic carbocycles. The Balaban J connectivity index is 1.74. The first-order valence-corrected chi connectivity index (χ1v) is 11.8. The third-order valence-corrected chi connectivity index (χ3v) is 6.40. The van der Waals surface area contributed by atoms with Gasteiger partial charge in [-0.15, -0.1) is 0 Å². The summed E-state index contributed by atoms with van der Waals surface area (Å²) in [5.74, 6) is -0.741. The molecule has 0 spiro atoms. The van der Waals surface area contributed by atoms with Crippen LogP contribution >= 0.6 is 0 Å². The lowest BCUT2D eigenvalue weighted by molar-refractivity contribution is -0.131. The molecular formula is C25H27F5N6O2. The number of hydrogen-bond acceptors (Lipinski definition) is 7. The molecule has 1 amide bonds. The maximum atomic E-state index is 14.8. The number of carbonyl (C=O) groups is 1. The average molecular weight is 539 g/mol. The Morgan fingerprint density at radius 3 is 2.47 bits per heavy atom. The Morgan fingerprint density at radius 2 is 1.84 bits per heavy atom. The van der Waals surface area contributed by atoms with Gasteiger partial charge in [-0.1, -0.05) is 18.2 Å². The molecule has 38 heavy (non-hydrogen) atoms. The first-order chi connectivity index (χ1) is 17.9. The smallest absolute Gasteiger partial charge is 0.272 e. The van der Waals surface area contributed by atoms with E-state index in [1.54, 1.807) is 31.7 Å². The maximum absolute atomic E-state index is 14.8. The Hall–Kier alpha value is -3.77. The minimum Gasteiger partial charge on any atom is -0.470 e. The molecule has 2 N–H and O–H groups in total. The topological polar surface area (TPSA) is 92.3 Å². The van der Waals surface area contributed by atoms with Crippen LogP contribution < -0.4 is 20.3 Å². The first kappa shape index (κ1) is 27.3. The van der Waals surface area contributed by atoms with Crippen LogP contribution in [0.3, 0.4) is 0 Å². The van der Waals surface area contributed by atoms with Crippen molar-refractivity contribution in [3.05, 3.63) is 47.0 Å². The standard InChI is InChI=1S/C25H27F5N6O2/c1-12(14-6-5-7-15(19(14)28)20(29)30)32-21-16-8-17(36-10-25(3,11-36)24(37)31-4)23(38-9-18(26)27)35-22(16)34-13(2)33-21/h5-8,12,18,20H,9-11H2,1-4H3,(H,31,37)(H,32,33,34,35)/t12-/m1/s1. The maximum Gasteiger partial charge on any atom is 0.272 e. The molecule has 0 bridgehead atoms. The predicted molar refractivity (Wildman–Crippen MR) is 131 cm³/mol. The summed E-state index contributed by atoms with van der Waals surface area (Å²) < 4.78 is 72.4. The summed E-state index contributed by atoms with van der Waals surface area (Å²) >= 11 is 0. The molecule has 2 aromatic heterocycles. The molecule has 1 atom stereocenters. The molecule has 204 valence electrons. The number of rotatable bonds is 9. The van der Waals surface area contributed by atoms with Crippen LogP contribution in [0, 0.1) is 18.2 Å². The number of carbonyl (C=O) groups excluding carboxylic acids is 1. The van der Waals surface area contributed by atoms with Crippen molar-refractivity contribution in [1.82, 2.24) is 20.3 Å². The molecule has 1 aliphatic heterocycles. The minimum absolute atomic E-state index is 0.0152. The van der Waals surface area contributed by atoms with Gasteiger partial charge in [-0.25, -0.2) is 31.9 Å². The van der Waals surface area contributed by atoms with E-state index in [9.17, 15) is 26.7 Å². The van der Waals surface area contributed by atoms with E-state index in [1.165, 1.54) is 19.2 Å². The number of halogens is 5. The zero-order chi connectivity index (χ0) is 27.8. The highest BCUT2D eigenvalue weighted by molar-refractivity contribution is 5.92. The number of nitrogens with one attached hydrogen (secondary N) is 2. The number of hydrogen-bond donors (Lipinski definition) is 2. The molecular weight excluding hydrogens is 511 g/mol. The number of anilines is 2. The molecule has 8 nitrogen and oxygen atoms in total. The Bertz CT molecular complexity index is 1350. The quantitative estimate of drug-likeness (QED) is 0.378. The van der Waals surface area contributed by atoms with Crippen LogP contribution in [0.25, 0.3) is 11.0 Å². The van der Waals surface area contributed by atoms with E-state index in [0.717, 1.165) is 6.07 Å². The summed E-state index contributed by atoms with van der Waals surface area (Å²) in [6.45, 7) is 4.63. The van der Waals surface area contributed by atoms with E-state index in [-0.39, 0.29) is 47.7 Å². The summed E-state index contributed by atoms with van der Waals surface area (Å²) in [6.07, 6.45) is -5.71. The van der Waals surface area contributed by atoms with Crippen molar-refractivity contribution in [3.8, 4) is 5.88 Å². The van der Waals surface area contributed by atoms with Crippen LogP contribution in [0.15, 0.2) is 24.3 Å². The van der Waals surface area contributed by atoms with Gasteiger partial charge >= 0.3 is 0 Å². The summed E-state index contributed by atoms with van der Waals surface area (Å²) in [5, 5.41) is 6.03. The van der Waals surface area contributed by atoms with Crippen LogP contribution in [0.5, 0.6) is 5.88 Å². The van der Waals surface area contributed by atoms with E-state index >= 15 is 0 Å². The summed E-state index contributed by atoms with van der Waals surface area (Å²) in [6, 6.07) is 4.60. The molecule has 0 radical (unpaired) electrons. The lowest BCUT2D eigenvalue weighted by Crippen LogP contribution is -2.61. The highest BCUT2D eigenvalue weighted by Gasteiger charge is 2.46. The molecule has 3 heterocycles. The van der Waals surface area contributed by atoms with E-state index in [2.05, 4.69) is 25.6 Å². The van der Waals surface area contributed by atoms with E-state index in [4.69, 9.17) is 4.74 Å². The fraction of sp³-hybridized carbons (Fsp3) is 0.440. The van der Waals surface area contributed by atoms with Crippen LogP contribution in [0.4, 0.5) is 33.5 Å². The Kier molecular flexibility index (Phi) is 7.56. The summed E-state index contributed by atoms with van der Waals surface area (Å²) in [4.78, 5) is 27.1. The zero-order valence-corrected chi connectivity index (χ0v) is 21.2. The number of amides is 1. The predicted octanol–water partition coefficient (Wildman–Crippen LogP) is 4.80. The SMILES string of the molecule is CNC(=O)C1(C)CN(c2cc3c(N[C@H](C)c4cccc(C(F)F)c4F)nc(C)nc3nc2OCC(F)F)C1. The number of aryl methyl sites for hydroxylation is 1. The summed E-state index contributed by atoms with van der Waals surface area (Å²) in [7, 11) is 1.53. The largest absolute Gasteiger partial charge is 0.470 e. The highest BCUT2D eigenvalue weighted by Crippen LogP contribution is 2.41. The molecule has 1 aliphatic rings. The molecule has 0 saturated carbocycles. The van der Waals surface area contributed by atoms with Crippen molar-refractivity contribution in [1.29, 1.82) is 0 Å². The van der Waals surface area contributed by atoms with Crippen molar-refractivity contribution in [2.75, 3.05) is 37.0 Å². The van der Waals surface area contributed by atoms with Gasteiger partial charge in [0.05, 0.1) is 22.4 Å². The molecule has 1 saturated heterocycles. The fourth-order valence-corrected chi connectivity index (χ4v) is 4.49. The summed E-state index contributed by atoms with van der Waals surface area (Å²) in [5.41, 5.74) is -0.899. The molecule has 3 aromatic rings. The Labute approximate surface area is 215 Å². The molecule has 4 rings (SSSR count). The third kappa shape index (κ3) is 5.27. The second-order valence-corrected chi connectivity index (χ2v) is 9.42. The number of pyridine rings is 1. The lowest BCUT2D eigenvalue weighted by atomic mass is 9.80. The second-order valence-electron chi connectivity index (χ2n) is 9.42. The van der Waals surface area contributed by atoms with Gasteiger partial charge in [-0.05, 0) is 26.8 Å². The number of fused-ring (bicyclic) bond motifs is 1. The monoisotopic (exact) mass is 538 g/mol. The van der Waals surface area contributed by atoms with Crippen LogP contribution in [-0.2, 0) is 4.79 Å². The van der Waals surface area contributed by atoms with Gasteiger partial charge in [-0.2, -0.15) is 4.98 Å². The number of ether oxygens (including phenoxy) is 1. The third-order valence-electron chi connectivity index (χ3n) is 6.40. The number of aromatic nitrogens is 3. The average Bonchev–Trinajstić information content (AvgIpc) is 2.84. The normalized spacial score (nSPS) is 15.5. The molecule has 1 aromatic carbocycles. The van der Waals surface area contributed by atoms with Gasteiger partial charge < -0.3 is 20.3 Å². The van der Waals surface area contributed by atoms with Gasteiger partial charge in [0.15, 0.2) is 12.3 Å². The number of nitrogens with zero attached hydrogens (tertiary/aromatic N) is 4. The number of benzene rings is 1. The van der Waals surface area contributed by atoms with Crippen molar-refractivity contribution < 1.29 is 31.5 Å². The van der Waals surface area contributed by atoms with Gasteiger partial charge in [0.2, 0.25) is 11.8 Å².